The van der Waals surface area contributed by atoms with Gasteiger partial charge in [0.05, 0.1) is 15.7 Å². The van der Waals surface area contributed by atoms with Crippen LogP contribution in [0, 0.1) is 0 Å². The van der Waals surface area contributed by atoms with Crippen molar-refractivity contribution in [1.29, 1.82) is 0 Å². The molecule has 0 saturated heterocycles. The molecule has 5 rings (SSSR count). The molecule has 1 fully saturated rings. The van der Waals surface area contributed by atoms with E-state index in [0.29, 0.717) is 26.8 Å². The Kier molecular flexibility index (Phi) is 3.63. The lowest BCUT2D eigenvalue weighted by molar-refractivity contribution is 0.273. The molecular weight excluding hydrogens is 378 g/mol. The van der Waals surface area contributed by atoms with Crippen molar-refractivity contribution in [1.82, 2.24) is 24.3 Å². The van der Waals surface area contributed by atoms with E-state index in [4.69, 9.17) is 4.52 Å². The predicted molar refractivity (Wildman–Crippen MR) is 104 cm³/mol. The van der Waals surface area contributed by atoms with Gasteiger partial charge >= 0.3 is 5.69 Å². The largest absolute Gasteiger partial charge is 0.333 e. The fourth-order valence-corrected chi connectivity index (χ4v) is 4.86. The van der Waals surface area contributed by atoms with Crippen LogP contribution in [0.5, 0.6) is 0 Å². The summed E-state index contributed by atoms with van der Waals surface area (Å²) in [5.41, 5.74) is 0.203. The van der Waals surface area contributed by atoms with Gasteiger partial charge in [0.2, 0.25) is 0 Å². The Bertz CT molecular complexity index is 1310. The van der Waals surface area contributed by atoms with Gasteiger partial charge in [-0.1, -0.05) is 11.6 Å². The number of hydrogen-bond donors (Lipinski definition) is 0. The summed E-state index contributed by atoms with van der Waals surface area (Å²) in [4.78, 5) is 34.6. The number of thiophene rings is 1. The summed E-state index contributed by atoms with van der Waals surface area (Å²) in [5.74, 6) is 1.02. The van der Waals surface area contributed by atoms with Crippen LogP contribution in [0.1, 0.15) is 30.7 Å². The van der Waals surface area contributed by atoms with Crippen LogP contribution in [0.4, 0.5) is 0 Å². The number of rotatable bonds is 3. The highest BCUT2D eigenvalue weighted by Crippen LogP contribution is 2.48. The number of aromatic nitrogens is 5. The molecule has 1 aliphatic rings. The monoisotopic (exact) mass is 395 g/mol. The first kappa shape index (κ1) is 17.1. The minimum Gasteiger partial charge on any atom is -0.333 e. The molecule has 8 nitrogen and oxygen atoms in total. The predicted octanol–water partition coefficient (Wildman–Crippen LogP) is 2.21. The fraction of sp³-hybridized carbons (Fsp3) is 0.316. The van der Waals surface area contributed by atoms with Gasteiger partial charge in [-0.3, -0.25) is 18.9 Å². The summed E-state index contributed by atoms with van der Waals surface area (Å²) < 4.78 is 8.13. The molecule has 9 heteroatoms. The highest BCUT2D eigenvalue weighted by Gasteiger charge is 2.44. The summed E-state index contributed by atoms with van der Waals surface area (Å²) in [6.07, 6.45) is 6.57. The maximum atomic E-state index is 12.4. The van der Waals surface area contributed by atoms with Crippen LogP contribution in [-0.2, 0) is 19.5 Å². The van der Waals surface area contributed by atoms with E-state index in [0.717, 1.165) is 29.4 Å². The smallest absolute Gasteiger partial charge is 0.331 e. The summed E-state index contributed by atoms with van der Waals surface area (Å²) >= 11 is 1.30. The second-order valence-electron chi connectivity index (χ2n) is 7.13. The topological polar surface area (TPSA) is 95.8 Å². The van der Waals surface area contributed by atoms with Crippen LogP contribution in [0.3, 0.4) is 0 Å². The highest BCUT2D eigenvalue weighted by atomic mass is 32.1. The molecule has 0 N–H and O–H groups in total. The molecule has 0 aliphatic heterocycles. The lowest BCUT2D eigenvalue weighted by Crippen LogP contribution is -2.36. The van der Waals surface area contributed by atoms with Gasteiger partial charge in [-0.2, -0.15) is 4.98 Å². The van der Waals surface area contributed by atoms with E-state index in [2.05, 4.69) is 15.1 Å². The molecule has 0 bridgehead atoms. The second-order valence-corrected chi connectivity index (χ2v) is 8.16. The van der Waals surface area contributed by atoms with E-state index < -0.39 is 0 Å². The molecule has 142 valence electrons. The Balaban J connectivity index is 1.63. The summed E-state index contributed by atoms with van der Waals surface area (Å²) in [5, 5.41) is 4.73. The molecule has 0 radical (unpaired) electrons. The van der Waals surface area contributed by atoms with Crippen molar-refractivity contribution in [2.45, 2.75) is 24.7 Å². The first-order valence-corrected chi connectivity index (χ1v) is 9.77. The first-order valence-electron chi connectivity index (χ1n) is 8.96. The Hall–Kier alpha value is -3.07. The normalized spacial score (nSPS) is 15.6. The molecule has 4 heterocycles. The quantitative estimate of drug-likeness (QED) is 0.528. The van der Waals surface area contributed by atoms with Crippen LogP contribution in [0.15, 0.2) is 44.7 Å². The SMILES string of the molecule is Cn1c(=O)c2cc(-c3nc(C4(c5ccncc5)CCC4)no3)sc2n(C)c1=O. The van der Waals surface area contributed by atoms with Gasteiger partial charge in [0, 0.05) is 26.5 Å². The molecule has 1 aliphatic carbocycles. The van der Waals surface area contributed by atoms with Crippen molar-refractivity contribution in [3.63, 3.8) is 0 Å². The molecule has 28 heavy (non-hydrogen) atoms. The summed E-state index contributed by atoms with van der Waals surface area (Å²) in [7, 11) is 3.12. The van der Waals surface area contributed by atoms with E-state index in [9.17, 15) is 9.59 Å². The zero-order chi connectivity index (χ0) is 19.5. The van der Waals surface area contributed by atoms with Crippen molar-refractivity contribution < 1.29 is 4.52 Å². The minimum atomic E-state index is -0.358. The van der Waals surface area contributed by atoms with Crippen molar-refractivity contribution in [2.75, 3.05) is 0 Å². The molecule has 0 unspecified atom stereocenters. The molecule has 0 spiro atoms. The maximum absolute atomic E-state index is 12.4. The Labute approximate surface area is 163 Å². The van der Waals surface area contributed by atoms with E-state index in [-0.39, 0.29) is 16.7 Å². The zero-order valence-electron chi connectivity index (χ0n) is 15.4. The van der Waals surface area contributed by atoms with E-state index in [1.807, 2.05) is 12.1 Å². The number of nitrogens with zero attached hydrogens (tertiary/aromatic N) is 5. The van der Waals surface area contributed by atoms with E-state index in [1.165, 1.54) is 23.0 Å². The third kappa shape index (κ3) is 2.26. The molecule has 0 amide bonds. The first-order chi connectivity index (χ1) is 13.5. The van der Waals surface area contributed by atoms with Crippen molar-refractivity contribution in [3.8, 4) is 10.8 Å². The van der Waals surface area contributed by atoms with Gasteiger partial charge < -0.3 is 4.52 Å². The number of fused-ring (bicyclic) bond motifs is 1. The number of aryl methyl sites for hydroxylation is 1. The van der Waals surface area contributed by atoms with Gasteiger partial charge in [-0.05, 0) is 36.6 Å². The zero-order valence-corrected chi connectivity index (χ0v) is 16.2. The third-order valence-electron chi connectivity index (χ3n) is 5.63. The molecular formula is C19H17N5O3S. The van der Waals surface area contributed by atoms with E-state index in [1.54, 1.807) is 25.5 Å². The van der Waals surface area contributed by atoms with Crippen LogP contribution in [0.25, 0.3) is 21.0 Å². The lowest BCUT2D eigenvalue weighted by atomic mass is 9.64. The van der Waals surface area contributed by atoms with Crippen LogP contribution in [0.2, 0.25) is 0 Å². The molecule has 0 atom stereocenters. The highest BCUT2D eigenvalue weighted by molar-refractivity contribution is 7.21. The lowest BCUT2D eigenvalue weighted by Gasteiger charge is -2.39. The van der Waals surface area contributed by atoms with Crippen LogP contribution < -0.4 is 11.2 Å². The van der Waals surface area contributed by atoms with Crippen molar-refractivity contribution in [3.05, 3.63) is 62.8 Å². The second kappa shape index (κ2) is 5.96. The molecule has 1 saturated carbocycles. The average molecular weight is 395 g/mol. The maximum Gasteiger partial charge on any atom is 0.331 e. The van der Waals surface area contributed by atoms with Gasteiger partial charge in [-0.15, -0.1) is 11.3 Å². The number of pyridine rings is 1. The van der Waals surface area contributed by atoms with Gasteiger partial charge in [0.25, 0.3) is 11.4 Å². The number of hydrogen-bond acceptors (Lipinski definition) is 7. The molecule has 4 aromatic rings. The molecule has 0 aromatic carbocycles. The fourth-order valence-electron chi connectivity index (χ4n) is 3.83. The summed E-state index contributed by atoms with van der Waals surface area (Å²) in [6.45, 7) is 0. The Morgan fingerprint density at radius 3 is 2.57 bits per heavy atom. The van der Waals surface area contributed by atoms with Crippen molar-refractivity contribution in [2.24, 2.45) is 14.1 Å². The van der Waals surface area contributed by atoms with Gasteiger partial charge in [0.15, 0.2) is 5.82 Å². The van der Waals surface area contributed by atoms with Gasteiger partial charge in [0.1, 0.15) is 4.83 Å². The minimum absolute atomic E-state index is 0.246. The van der Waals surface area contributed by atoms with Crippen molar-refractivity contribution >= 4 is 21.6 Å². The van der Waals surface area contributed by atoms with Crippen LogP contribution in [-0.4, -0.2) is 24.3 Å². The summed E-state index contributed by atoms with van der Waals surface area (Å²) in [6, 6.07) is 5.71. The third-order valence-corrected chi connectivity index (χ3v) is 6.83. The Morgan fingerprint density at radius 1 is 1.14 bits per heavy atom. The van der Waals surface area contributed by atoms with E-state index >= 15 is 0 Å². The van der Waals surface area contributed by atoms with Crippen LogP contribution >= 0.6 is 11.3 Å². The molecule has 4 aromatic heterocycles. The average Bonchev–Trinajstić information content (AvgIpc) is 3.32. The standard InChI is InChI=1S/C19H17N5O3S/c1-23-15(25)12-10-13(28-16(12)24(2)18(23)26)14-21-17(22-27-14)19(6-3-7-19)11-4-8-20-9-5-11/h4-5,8-10H,3,6-7H2,1-2H3. The Morgan fingerprint density at radius 2 is 1.89 bits per heavy atom. The van der Waals surface area contributed by atoms with Gasteiger partial charge in [-0.25, -0.2) is 4.79 Å².